The summed E-state index contributed by atoms with van der Waals surface area (Å²) in [6.07, 6.45) is 8.54. The Morgan fingerprint density at radius 2 is 2.36 bits per heavy atom. The maximum Gasteiger partial charge on any atom is 0.0643 e. The summed E-state index contributed by atoms with van der Waals surface area (Å²) in [4.78, 5) is 0. The largest absolute Gasteiger partial charge is 0.392 e. The number of aliphatic hydroxyl groups is 1. The number of ether oxygens (including phenoxy) is 1. The van der Waals surface area contributed by atoms with Crippen LogP contribution in [0.15, 0.2) is 12.2 Å². The molecular formula is C9H14O2. The molecule has 0 amide bonds. The van der Waals surface area contributed by atoms with Gasteiger partial charge in [0.2, 0.25) is 0 Å². The molecule has 2 saturated heterocycles. The Kier molecular flexibility index (Phi) is 1.96. The summed E-state index contributed by atoms with van der Waals surface area (Å²) in [6, 6.07) is 0. The fraction of sp³-hybridized carbons (Fsp3) is 0.778. The van der Waals surface area contributed by atoms with Gasteiger partial charge in [0.15, 0.2) is 0 Å². The number of hydrogen-bond acceptors (Lipinski definition) is 2. The summed E-state index contributed by atoms with van der Waals surface area (Å²) in [7, 11) is 0. The van der Waals surface area contributed by atoms with E-state index in [0.717, 1.165) is 0 Å². The fourth-order valence-corrected chi connectivity index (χ4v) is 2.12. The molecule has 11 heavy (non-hydrogen) atoms. The van der Waals surface area contributed by atoms with Crippen molar-refractivity contribution >= 4 is 0 Å². The quantitative estimate of drug-likeness (QED) is 0.603. The highest BCUT2D eigenvalue weighted by Gasteiger charge is 2.38. The highest BCUT2D eigenvalue weighted by atomic mass is 16.5. The van der Waals surface area contributed by atoms with E-state index in [-0.39, 0.29) is 6.61 Å². The third kappa shape index (κ3) is 1.33. The van der Waals surface area contributed by atoms with Crippen LogP contribution in [0.5, 0.6) is 0 Å². The fourth-order valence-electron chi connectivity index (χ4n) is 2.12. The van der Waals surface area contributed by atoms with Gasteiger partial charge in [0.25, 0.3) is 0 Å². The van der Waals surface area contributed by atoms with E-state index in [1.54, 1.807) is 0 Å². The van der Waals surface area contributed by atoms with Crippen LogP contribution in [0.1, 0.15) is 19.3 Å². The van der Waals surface area contributed by atoms with Crippen molar-refractivity contribution in [3.8, 4) is 0 Å². The molecular weight excluding hydrogens is 140 g/mol. The molecule has 3 atom stereocenters. The smallest absolute Gasteiger partial charge is 0.0643 e. The molecule has 62 valence electrons. The predicted octanol–water partition coefficient (Wildman–Crippen LogP) is 1.10. The second kappa shape index (κ2) is 2.95. The van der Waals surface area contributed by atoms with Crippen molar-refractivity contribution in [3.63, 3.8) is 0 Å². The van der Waals surface area contributed by atoms with Crippen LogP contribution >= 0.6 is 0 Å². The molecule has 2 heteroatoms. The normalized spacial score (nSPS) is 42.5. The molecule has 2 fully saturated rings. The lowest BCUT2D eigenvalue weighted by Gasteiger charge is -2.13. The van der Waals surface area contributed by atoms with E-state index >= 15 is 0 Å². The van der Waals surface area contributed by atoms with Crippen molar-refractivity contribution < 1.29 is 9.84 Å². The van der Waals surface area contributed by atoms with Crippen molar-refractivity contribution in [2.45, 2.75) is 31.5 Å². The minimum absolute atomic E-state index is 0.161. The van der Waals surface area contributed by atoms with Gasteiger partial charge in [-0.1, -0.05) is 12.2 Å². The van der Waals surface area contributed by atoms with Crippen LogP contribution in [-0.2, 0) is 4.74 Å². The minimum Gasteiger partial charge on any atom is -0.392 e. The van der Waals surface area contributed by atoms with E-state index < -0.39 is 0 Å². The highest BCUT2D eigenvalue weighted by molar-refractivity contribution is 5.00. The van der Waals surface area contributed by atoms with E-state index in [4.69, 9.17) is 9.84 Å². The van der Waals surface area contributed by atoms with Crippen molar-refractivity contribution in [2.75, 3.05) is 6.61 Å². The van der Waals surface area contributed by atoms with E-state index in [1.165, 1.54) is 19.3 Å². The van der Waals surface area contributed by atoms with Crippen molar-refractivity contribution in [1.29, 1.82) is 0 Å². The number of hydrogen-bond donors (Lipinski definition) is 1. The molecule has 2 heterocycles. The average molecular weight is 154 g/mol. The van der Waals surface area contributed by atoms with Crippen LogP contribution in [0.2, 0.25) is 0 Å². The number of aliphatic hydroxyl groups excluding tert-OH is 1. The third-order valence-electron chi connectivity index (χ3n) is 2.64. The van der Waals surface area contributed by atoms with Crippen LogP contribution < -0.4 is 0 Å². The molecule has 2 aliphatic heterocycles. The number of rotatable bonds is 2. The van der Waals surface area contributed by atoms with Gasteiger partial charge in [-0.2, -0.15) is 0 Å². The summed E-state index contributed by atoms with van der Waals surface area (Å²) in [5, 5.41) is 8.57. The molecule has 2 rings (SSSR count). The van der Waals surface area contributed by atoms with Gasteiger partial charge in [0.05, 0.1) is 18.8 Å². The molecule has 0 aromatic heterocycles. The zero-order valence-corrected chi connectivity index (χ0v) is 6.57. The predicted molar refractivity (Wildman–Crippen MR) is 42.2 cm³/mol. The van der Waals surface area contributed by atoms with Gasteiger partial charge in [0.1, 0.15) is 0 Å². The Morgan fingerprint density at radius 1 is 1.45 bits per heavy atom. The van der Waals surface area contributed by atoms with Crippen molar-refractivity contribution in [2.24, 2.45) is 5.92 Å². The SMILES string of the molecule is OC/C=C/C1CC2CCC1O2. The molecule has 0 aromatic carbocycles. The van der Waals surface area contributed by atoms with Gasteiger partial charge in [0, 0.05) is 5.92 Å². The topological polar surface area (TPSA) is 29.5 Å². The molecule has 0 spiro atoms. The van der Waals surface area contributed by atoms with Gasteiger partial charge in [-0.05, 0) is 19.3 Å². The first-order chi connectivity index (χ1) is 5.40. The second-order valence-corrected chi connectivity index (χ2v) is 3.38. The summed E-state index contributed by atoms with van der Waals surface area (Å²) >= 11 is 0. The maximum absolute atomic E-state index is 8.57. The van der Waals surface area contributed by atoms with Crippen molar-refractivity contribution in [1.82, 2.24) is 0 Å². The summed E-state index contributed by atoms with van der Waals surface area (Å²) in [6.45, 7) is 0.161. The lowest BCUT2D eigenvalue weighted by molar-refractivity contribution is 0.0978. The van der Waals surface area contributed by atoms with E-state index in [2.05, 4.69) is 6.08 Å². The van der Waals surface area contributed by atoms with Gasteiger partial charge in [-0.3, -0.25) is 0 Å². The van der Waals surface area contributed by atoms with E-state index in [1.807, 2.05) is 6.08 Å². The van der Waals surface area contributed by atoms with Crippen molar-refractivity contribution in [3.05, 3.63) is 12.2 Å². The summed E-state index contributed by atoms with van der Waals surface area (Å²) < 4.78 is 5.65. The minimum atomic E-state index is 0.161. The molecule has 0 aliphatic carbocycles. The summed E-state index contributed by atoms with van der Waals surface area (Å²) in [5.41, 5.74) is 0. The lowest BCUT2D eigenvalue weighted by Crippen LogP contribution is -2.13. The maximum atomic E-state index is 8.57. The van der Waals surface area contributed by atoms with E-state index in [0.29, 0.717) is 18.1 Å². The van der Waals surface area contributed by atoms with Crippen LogP contribution in [0.4, 0.5) is 0 Å². The standard InChI is InChI=1S/C9H14O2/c10-5-1-2-7-6-8-3-4-9(7)11-8/h1-2,7-10H,3-6H2/b2-1+. The van der Waals surface area contributed by atoms with Crippen LogP contribution in [0, 0.1) is 5.92 Å². The average Bonchev–Trinajstić information content (AvgIpc) is 2.60. The van der Waals surface area contributed by atoms with Crippen LogP contribution in [0.25, 0.3) is 0 Å². The molecule has 2 bridgehead atoms. The number of fused-ring (bicyclic) bond motifs is 2. The lowest BCUT2D eigenvalue weighted by atomic mass is 9.89. The molecule has 2 aliphatic rings. The van der Waals surface area contributed by atoms with Gasteiger partial charge in [-0.25, -0.2) is 0 Å². The highest BCUT2D eigenvalue weighted by Crippen LogP contribution is 2.39. The van der Waals surface area contributed by atoms with Crippen LogP contribution in [-0.4, -0.2) is 23.9 Å². The molecule has 3 unspecified atom stereocenters. The first kappa shape index (κ1) is 7.32. The monoisotopic (exact) mass is 154 g/mol. The Balaban J connectivity index is 1.92. The van der Waals surface area contributed by atoms with Gasteiger partial charge >= 0.3 is 0 Å². The Bertz CT molecular complexity index is 165. The molecule has 0 aromatic rings. The van der Waals surface area contributed by atoms with Gasteiger partial charge in [-0.15, -0.1) is 0 Å². The molecule has 0 saturated carbocycles. The first-order valence-corrected chi connectivity index (χ1v) is 4.33. The zero-order valence-electron chi connectivity index (χ0n) is 6.57. The second-order valence-electron chi connectivity index (χ2n) is 3.38. The molecule has 2 nitrogen and oxygen atoms in total. The summed E-state index contributed by atoms with van der Waals surface area (Å²) in [5.74, 6) is 0.584. The molecule has 1 N–H and O–H groups in total. The Morgan fingerprint density at radius 3 is 2.91 bits per heavy atom. The Hall–Kier alpha value is -0.340. The van der Waals surface area contributed by atoms with Crippen LogP contribution in [0.3, 0.4) is 0 Å². The van der Waals surface area contributed by atoms with Gasteiger partial charge < -0.3 is 9.84 Å². The Labute approximate surface area is 66.9 Å². The molecule has 0 radical (unpaired) electrons. The first-order valence-electron chi connectivity index (χ1n) is 4.33. The zero-order chi connectivity index (χ0) is 7.68. The van der Waals surface area contributed by atoms with E-state index in [9.17, 15) is 0 Å². The third-order valence-corrected chi connectivity index (χ3v) is 2.64.